The minimum atomic E-state index is -0.540. The molecule has 8 nitrogen and oxygen atoms in total. The lowest BCUT2D eigenvalue weighted by molar-refractivity contribution is -0.384. The number of hydrogen-bond donors (Lipinski definition) is 1. The summed E-state index contributed by atoms with van der Waals surface area (Å²) < 4.78 is 10.5. The number of ether oxygens (including phenoxy) is 1. The van der Waals surface area contributed by atoms with E-state index in [1.165, 1.54) is 24.3 Å². The monoisotopic (exact) mass is 354 g/mol. The van der Waals surface area contributed by atoms with E-state index >= 15 is 0 Å². The van der Waals surface area contributed by atoms with Crippen molar-refractivity contribution in [3.8, 4) is 5.75 Å². The van der Waals surface area contributed by atoms with Gasteiger partial charge in [-0.05, 0) is 36.8 Å². The van der Waals surface area contributed by atoms with E-state index < -0.39 is 16.5 Å². The number of nitrogens with zero attached hydrogens (tertiary/aromatic N) is 1. The first-order valence-electron chi connectivity index (χ1n) is 7.64. The Morgan fingerprint density at radius 2 is 2.04 bits per heavy atom. The summed E-state index contributed by atoms with van der Waals surface area (Å²) in [6.45, 7) is 1.50. The number of nitro benzene ring substituents is 1. The zero-order valence-corrected chi connectivity index (χ0v) is 13.7. The third-order valence-corrected chi connectivity index (χ3v) is 3.63. The highest BCUT2D eigenvalue weighted by Crippen LogP contribution is 2.22. The van der Waals surface area contributed by atoms with Gasteiger partial charge in [-0.15, -0.1) is 0 Å². The third kappa shape index (κ3) is 3.86. The molecule has 0 atom stereocenters. The van der Waals surface area contributed by atoms with Crippen LogP contribution in [-0.4, -0.2) is 17.4 Å². The molecule has 2 aromatic carbocycles. The summed E-state index contributed by atoms with van der Waals surface area (Å²) in [6, 6.07) is 11.9. The molecule has 26 heavy (non-hydrogen) atoms. The van der Waals surface area contributed by atoms with Crippen molar-refractivity contribution in [1.82, 2.24) is 0 Å². The largest absolute Gasteiger partial charge is 0.484 e. The fraction of sp³-hybridized carbons (Fsp3) is 0.111. The molecule has 0 saturated heterocycles. The summed E-state index contributed by atoms with van der Waals surface area (Å²) in [5, 5.41) is 14.0. The van der Waals surface area contributed by atoms with Crippen molar-refractivity contribution in [3.05, 3.63) is 74.6 Å². The molecular formula is C18H14N2O6. The fourth-order valence-electron chi connectivity index (χ4n) is 2.43. The van der Waals surface area contributed by atoms with Crippen LogP contribution in [0.5, 0.6) is 5.75 Å². The molecule has 132 valence electrons. The van der Waals surface area contributed by atoms with Crippen molar-refractivity contribution >= 4 is 28.3 Å². The average molecular weight is 354 g/mol. The Kier molecular flexibility index (Phi) is 4.66. The molecule has 8 heteroatoms. The van der Waals surface area contributed by atoms with Gasteiger partial charge in [-0.1, -0.05) is 6.07 Å². The van der Waals surface area contributed by atoms with E-state index in [0.29, 0.717) is 22.4 Å². The lowest BCUT2D eigenvalue weighted by Gasteiger charge is -2.08. The van der Waals surface area contributed by atoms with Gasteiger partial charge in [0.15, 0.2) is 6.61 Å². The normalized spacial score (nSPS) is 10.5. The van der Waals surface area contributed by atoms with Crippen LogP contribution >= 0.6 is 0 Å². The van der Waals surface area contributed by atoms with E-state index in [-0.39, 0.29) is 12.3 Å². The van der Waals surface area contributed by atoms with Crippen molar-refractivity contribution in [2.75, 3.05) is 11.9 Å². The molecule has 1 amide bonds. The second-order valence-electron chi connectivity index (χ2n) is 5.55. The van der Waals surface area contributed by atoms with Gasteiger partial charge < -0.3 is 14.5 Å². The molecule has 3 aromatic rings. The summed E-state index contributed by atoms with van der Waals surface area (Å²) in [5.74, 6) is -0.0226. The number of fused-ring (bicyclic) bond motifs is 1. The number of benzene rings is 2. The molecule has 1 aromatic heterocycles. The highest BCUT2D eigenvalue weighted by molar-refractivity contribution is 5.92. The molecule has 0 fully saturated rings. The number of carbonyl (C=O) groups is 1. The SMILES string of the molecule is Cc1cc(=O)oc2ccc(OCC(=O)Nc3cccc([N+](=O)[O-])c3)cc12. The van der Waals surface area contributed by atoms with Crippen molar-refractivity contribution in [2.45, 2.75) is 6.92 Å². The highest BCUT2D eigenvalue weighted by atomic mass is 16.6. The van der Waals surface area contributed by atoms with Crippen molar-refractivity contribution < 1.29 is 18.9 Å². The van der Waals surface area contributed by atoms with E-state index in [9.17, 15) is 19.7 Å². The maximum absolute atomic E-state index is 12.0. The van der Waals surface area contributed by atoms with Crippen LogP contribution in [0.15, 0.2) is 57.7 Å². The van der Waals surface area contributed by atoms with Crippen LogP contribution in [0.25, 0.3) is 11.0 Å². The van der Waals surface area contributed by atoms with Gasteiger partial charge in [-0.3, -0.25) is 14.9 Å². The van der Waals surface area contributed by atoms with Crippen molar-refractivity contribution in [1.29, 1.82) is 0 Å². The van der Waals surface area contributed by atoms with Crippen molar-refractivity contribution in [2.24, 2.45) is 0 Å². The number of nitrogens with one attached hydrogen (secondary N) is 1. The van der Waals surface area contributed by atoms with Gasteiger partial charge in [-0.2, -0.15) is 0 Å². The van der Waals surface area contributed by atoms with E-state index in [1.54, 1.807) is 31.2 Å². The first kappa shape index (κ1) is 17.2. The molecule has 1 N–H and O–H groups in total. The Labute approximate surface area is 147 Å². The minimum absolute atomic E-state index is 0.116. The molecule has 0 aliphatic carbocycles. The van der Waals surface area contributed by atoms with Gasteiger partial charge in [0.25, 0.3) is 11.6 Å². The summed E-state index contributed by atoms with van der Waals surface area (Å²) in [5.41, 5.74) is 0.935. The average Bonchev–Trinajstić information content (AvgIpc) is 2.60. The lowest BCUT2D eigenvalue weighted by Crippen LogP contribution is -2.20. The van der Waals surface area contributed by atoms with Gasteiger partial charge in [0.1, 0.15) is 11.3 Å². The van der Waals surface area contributed by atoms with Gasteiger partial charge in [0, 0.05) is 29.3 Å². The number of aryl methyl sites for hydroxylation is 1. The van der Waals surface area contributed by atoms with Crippen molar-refractivity contribution in [3.63, 3.8) is 0 Å². The standard InChI is InChI=1S/C18H14N2O6/c1-11-7-18(22)26-16-6-5-14(9-15(11)16)25-10-17(21)19-12-3-2-4-13(8-12)20(23)24/h2-9H,10H2,1H3,(H,19,21). The molecule has 0 unspecified atom stereocenters. The van der Waals surface area contributed by atoms with Crippen LogP contribution in [0, 0.1) is 17.0 Å². The number of non-ortho nitro benzene ring substituents is 1. The van der Waals surface area contributed by atoms with Gasteiger partial charge in [0.2, 0.25) is 0 Å². The number of nitro groups is 1. The van der Waals surface area contributed by atoms with Crippen LogP contribution in [0.4, 0.5) is 11.4 Å². The van der Waals surface area contributed by atoms with E-state index in [0.717, 1.165) is 5.56 Å². The Hall–Kier alpha value is -3.68. The molecule has 0 saturated carbocycles. The van der Waals surface area contributed by atoms with Gasteiger partial charge in [-0.25, -0.2) is 4.79 Å². The Morgan fingerprint density at radius 3 is 2.81 bits per heavy atom. The predicted octanol–water partition coefficient (Wildman–Crippen LogP) is 3.03. The van der Waals surface area contributed by atoms with Crippen LogP contribution in [0.2, 0.25) is 0 Å². The summed E-state index contributed by atoms with van der Waals surface area (Å²) in [4.78, 5) is 33.5. The number of rotatable bonds is 5. The van der Waals surface area contributed by atoms with E-state index in [2.05, 4.69) is 5.32 Å². The van der Waals surface area contributed by atoms with Crippen LogP contribution in [0.1, 0.15) is 5.56 Å². The topological polar surface area (TPSA) is 112 Å². The minimum Gasteiger partial charge on any atom is -0.484 e. The molecule has 0 aliphatic rings. The first-order chi connectivity index (χ1) is 12.4. The predicted molar refractivity (Wildman–Crippen MR) is 94.4 cm³/mol. The van der Waals surface area contributed by atoms with Gasteiger partial charge >= 0.3 is 5.63 Å². The number of hydrogen-bond acceptors (Lipinski definition) is 6. The molecule has 1 heterocycles. The van der Waals surface area contributed by atoms with E-state index in [1.807, 2.05) is 0 Å². The third-order valence-electron chi connectivity index (χ3n) is 3.63. The molecule has 0 aliphatic heterocycles. The second kappa shape index (κ2) is 7.06. The van der Waals surface area contributed by atoms with Crippen LogP contribution < -0.4 is 15.7 Å². The van der Waals surface area contributed by atoms with Crippen LogP contribution in [0.3, 0.4) is 0 Å². The van der Waals surface area contributed by atoms with Crippen LogP contribution in [-0.2, 0) is 4.79 Å². The molecule has 0 bridgehead atoms. The summed E-state index contributed by atoms with van der Waals surface area (Å²) in [7, 11) is 0. The zero-order chi connectivity index (χ0) is 18.7. The number of amides is 1. The summed E-state index contributed by atoms with van der Waals surface area (Å²) >= 11 is 0. The molecule has 3 rings (SSSR count). The van der Waals surface area contributed by atoms with E-state index in [4.69, 9.17) is 9.15 Å². The smallest absolute Gasteiger partial charge is 0.336 e. The fourth-order valence-corrected chi connectivity index (χ4v) is 2.43. The van der Waals surface area contributed by atoms with Gasteiger partial charge in [0.05, 0.1) is 4.92 Å². The Bertz CT molecular complexity index is 1060. The highest BCUT2D eigenvalue weighted by Gasteiger charge is 2.10. The maximum atomic E-state index is 12.0. The Morgan fingerprint density at radius 1 is 1.23 bits per heavy atom. The molecule has 0 spiro atoms. The number of anilines is 1. The first-order valence-corrected chi connectivity index (χ1v) is 7.64. The Balaban J connectivity index is 1.68. The number of carbonyl (C=O) groups excluding carboxylic acids is 1. The zero-order valence-electron chi connectivity index (χ0n) is 13.7. The molecular weight excluding hydrogens is 340 g/mol. The molecule has 0 radical (unpaired) electrons. The quantitative estimate of drug-likeness (QED) is 0.428. The summed E-state index contributed by atoms with van der Waals surface area (Å²) in [6.07, 6.45) is 0. The lowest BCUT2D eigenvalue weighted by atomic mass is 10.1. The second-order valence-corrected chi connectivity index (χ2v) is 5.55. The maximum Gasteiger partial charge on any atom is 0.336 e.